The molecule has 1 amide bonds. The van der Waals surface area contributed by atoms with E-state index >= 15 is 0 Å². The van der Waals surface area contributed by atoms with Crippen molar-refractivity contribution < 1.29 is 27.1 Å². The zero-order chi connectivity index (χ0) is 12.9. The molecule has 4 nitrogen and oxygen atoms in total. The summed E-state index contributed by atoms with van der Waals surface area (Å²) < 4.78 is 52.7. The van der Waals surface area contributed by atoms with Gasteiger partial charge in [-0.2, -0.15) is 17.6 Å². The van der Waals surface area contributed by atoms with E-state index in [4.69, 9.17) is 0 Å². The number of aromatic nitrogens is 1. The standard InChI is InChI=1S/C9H8F4N2O2/c10-8-6(2-1-3-14-8)17-4-7(16)15-5-9(11,12)13/h1-3H,4-5H2,(H,15,16). The van der Waals surface area contributed by atoms with Crippen LogP contribution in [0, 0.1) is 5.95 Å². The maximum Gasteiger partial charge on any atom is 0.405 e. The Balaban J connectivity index is 2.36. The molecule has 0 aliphatic heterocycles. The third-order valence-electron chi connectivity index (χ3n) is 1.57. The van der Waals surface area contributed by atoms with Gasteiger partial charge in [-0.05, 0) is 12.1 Å². The molecular formula is C9H8F4N2O2. The Morgan fingerprint density at radius 2 is 2.18 bits per heavy atom. The van der Waals surface area contributed by atoms with E-state index in [0.29, 0.717) is 0 Å². The van der Waals surface area contributed by atoms with E-state index in [1.54, 1.807) is 5.32 Å². The van der Waals surface area contributed by atoms with Crippen LogP contribution in [-0.2, 0) is 4.79 Å². The molecule has 0 saturated heterocycles. The third kappa shape index (κ3) is 5.14. The van der Waals surface area contributed by atoms with Crippen LogP contribution in [0.4, 0.5) is 17.6 Å². The summed E-state index contributed by atoms with van der Waals surface area (Å²) in [7, 11) is 0. The first-order chi connectivity index (χ1) is 7.88. The number of hydrogen-bond donors (Lipinski definition) is 1. The number of amides is 1. The van der Waals surface area contributed by atoms with Crippen molar-refractivity contribution in [3.8, 4) is 5.75 Å². The number of hydrogen-bond acceptors (Lipinski definition) is 3. The Kier molecular flexibility index (Phi) is 4.24. The first-order valence-electron chi connectivity index (χ1n) is 4.45. The summed E-state index contributed by atoms with van der Waals surface area (Å²) in [5.74, 6) is -2.23. The Hall–Kier alpha value is -1.86. The Morgan fingerprint density at radius 1 is 1.47 bits per heavy atom. The smallest absolute Gasteiger partial charge is 0.405 e. The van der Waals surface area contributed by atoms with Crippen molar-refractivity contribution in [3.05, 3.63) is 24.3 Å². The van der Waals surface area contributed by atoms with Gasteiger partial charge in [-0.25, -0.2) is 4.98 Å². The van der Waals surface area contributed by atoms with Crippen LogP contribution < -0.4 is 10.1 Å². The average Bonchev–Trinajstić information content (AvgIpc) is 2.24. The fourth-order valence-electron chi connectivity index (χ4n) is 0.872. The molecular weight excluding hydrogens is 244 g/mol. The lowest BCUT2D eigenvalue weighted by Crippen LogP contribution is -2.36. The van der Waals surface area contributed by atoms with Crippen molar-refractivity contribution in [3.63, 3.8) is 0 Å². The summed E-state index contributed by atoms with van der Waals surface area (Å²) in [6, 6.07) is 2.57. The first kappa shape index (κ1) is 13.2. The molecule has 0 saturated carbocycles. The highest BCUT2D eigenvalue weighted by atomic mass is 19.4. The molecule has 0 bridgehead atoms. The van der Waals surface area contributed by atoms with Gasteiger partial charge >= 0.3 is 6.18 Å². The molecule has 1 rings (SSSR count). The highest BCUT2D eigenvalue weighted by Gasteiger charge is 2.27. The lowest BCUT2D eigenvalue weighted by Gasteiger charge is -2.09. The molecule has 0 unspecified atom stereocenters. The predicted molar refractivity (Wildman–Crippen MR) is 48.8 cm³/mol. The van der Waals surface area contributed by atoms with E-state index in [1.165, 1.54) is 18.3 Å². The molecule has 1 aromatic heterocycles. The molecule has 8 heteroatoms. The summed E-state index contributed by atoms with van der Waals surface area (Å²) in [4.78, 5) is 14.1. The average molecular weight is 252 g/mol. The monoisotopic (exact) mass is 252 g/mol. The fraction of sp³-hybridized carbons (Fsp3) is 0.333. The summed E-state index contributed by atoms with van der Waals surface area (Å²) in [6.45, 7) is -2.16. The fourth-order valence-corrected chi connectivity index (χ4v) is 0.872. The second kappa shape index (κ2) is 5.46. The Labute approximate surface area is 93.6 Å². The highest BCUT2D eigenvalue weighted by molar-refractivity contribution is 5.77. The van der Waals surface area contributed by atoms with Crippen LogP contribution >= 0.6 is 0 Å². The highest BCUT2D eigenvalue weighted by Crippen LogP contribution is 2.13. The summed E-state index contributed by atoms with van der Waals surface area (Å²) in [5.41, 5.74) is 0. The van der Waals surface area contributed by atoms with Gasteiger partial charge in [-0.15, -0.1) is 0 Å². The van der Waals surface area contributed by atoms with Crippen molar-refractivity contribution in [1.29, 1.82) is 0 Å². The van der Waals surface area contributed by atoms with E-state index in [9.17, 15) is 22.4 Å². The Morgan fingerprint density at radius 3 is 2.76 bits per heavy atom. The molecule has 0 aliphatic carbocycles. The number of halogens is 4. The topological polar surface area (TPSA) is 51.2 Å². The molecule has 1 heterocycles. The number of rotatable bonds is 4. The van der Waals surface area contributed by atoms with Crippen LogP contribution in [0.15, 0.2) is 18.3 Å². The minimum absolute atomic E-state index is 0.297. The van der Waals surface area contributed by atoms with Crippen LogP contribution in [0.25, 0.3) is 0 Å². The number of nitrogens with one attached hydrogen (secondary N) is 1. The molecule has 17 heavy (non-hydrogen) atoms. The van der Waals surface area contributed by atoms with Crippen LogP contribution in [0.3, 0.4) is 0 Å². The molecule has 0 spiro atoms. The van der Waals surface area contributed by atoms with E-state index in [-0.39, 0.29) is 5.75 Å². The molecule has 0 aliphatic rings. The normalized spacial score (nSPS) is 11.1. The van der Waals surface area contributed by atoms with Crippen molar-refractivity contribution in [2.24, 2.45) is 0 Å². The van der Waals surface area contributed by atoms with Gasteiger partial charge in [-0.3, -0.25) is 4.79 Å². The van der Waals surface area contributed by atoms with Gasteiger partial charge < -0.3 is 10.1 Å². The predicted octanol–water partition coefficient (Wildman–Crippen LogP) is 1.28. The van der Waals surface area contributed by atoms with E-state index < -0.39 is 31.2 Å². The van der Waals surface area contributed by atoms with Crippen LogP contribution in [0.2, 0.25) is 0 Å². The molecule has 0 aromatic carbocycles. The van der Waals surface area contributed by atoms with Crippen molar-refractivity contribution in [2.45, 2.75) is 6.18 Å². The second-order valence-electron chi connectivity index (χ2n) is 2.97. The van der Waals surface area contributed by atoms with Crippen LogP contribution in [0.5, 0.6) is 5.75 Å². The number of carbonyl (C=O) groups is 1. The molecule has 1 aromatic rings. The molecule has 94 valence electrons. The first-order valence-corrected chi connectivity index (χ1v) is 4.45. The van der Waals surface area contributed by atoms with Crippen molar-refractivity contribution in [1.82, 2.24) is 10.3 Å². The van der Waals surface area contributed by atoms with E-state index in [2.05, 4.69) is 9.72 Å². The number of nitrogens with zero attached hydrogens (tertiary/aromatic N) is 1. The number of alkyl halides is 3. The van der Waals surface area contributed by atoms with Gasteiger partial charge in [0.15, 0.2) is 12.4 Å². The molecule has 0 radical (unpaired) electrons. The second-order valence-corrected chi connectivity index (χ2v) is 2.97. The number of carbonyl (C=O) groups excluding carboxylic acids is 1. The van der Waals surface area contributed by atoms with Crippen molar-refractivity contribution >= 4 is 5.91 Å². The number of pyridine rings is 1. The third-order valence-corrected chi connectivity index (χ3v) is 1.57. The molecule has 0 fully saturated rings. The number of ether oxygens (including phenoxy) is 1. The minimum Gasteiger partial charge on any atom is -0.479 e. The van der Waals surface area contributed by atoms with E-state index in [0.717, 1.165) is 0 Å². The van der Waals surface area contributed by atoms with Gasteiger partial charge in [0.1, 0.15) is 6.54 Å². The van der Waals surface area contributed by atoms with Crippen molar-refractivity contribution in [2.75, 3.05) is 13.2 Å². The Bertz CT molecular complexity index is 395. The van der Waals surface area contributed by atoms with Gasteiger partial charge in [0, 0.05) is 6.20 Å². The largest absolute Gasteiger partial charge is 0.479 e. The van der Waals surface area contributed by atoms with Crippen LogP contribution in [0.1, 0.15) is 0 Å². The zero-order valence-corrected chi connectivity index (χ0v) is 8.42. The quantitative estimate of drug-likeness (QED) is 0.648. The van der Waals surface area contributed by atoms with Gasteiger partial charge in [0.05, 0.1) is 0 Å². The van der Waals surface area contributed by atoms with Crippen LogP contribution in [-0.4, -0.2) is 30.2 Å². The summed E-state index contributed by atoms with van der Waals surface area (Å²) in [5, 5.41) is 1.58. The van der Waals surface area contributed by atoms with Gasteiger partial charge in [0.25, 0.3) is 11.9 Å². The molecule has 1 N–H and O–H groups in total. The molecule has 0 atom stereocenters. The lowest BCUT2D eigenvalue weighted by atomic mass is 10.4. The maximum absolute atomic E-state index is 12.9. The van der Waals surface area contributed by atoms with Gasteiger partial charge in [0.2, 0.25) is 0 Å². The SMILES string of the molecule is O=C(COc1cccnc1F)NCC(F)(F)F. The maximum atomic E-state index is 12.9. The van der Waals surface area contributed by atoms with E-state index in [1.807, 2.05) is 0 Å². The minimum atomic E-state index is -4.49. The summed E-state index contributed by atoms with van der Waals surface area (Å²) in [6.07, 6.45) is -3.32. The van der Waals surface area contributed by atoms with Gasteiger partial charge in [-0.1, -0.05) is 0 Å². The zero-order valence-electron chi connectivity index (χ0n) is 8.42. The summed E-state index contributed by atoms with van der Waals surface area (Å²) >= 11 is 0. The lowest BCUT2D eigenvalue weighted by molar-refractivity contribution is -0.139.